The fourth-order valence-electron chi connectivity index (χ4n) is 14.1. The Labute approximate surface area is 587 Å². The van der Waals surface area contributed by atoms with Gasteiger partial charge >= 0.3 is 53.2 Å². The quantitative estimate of drug-likeness (QED) is 0.0479. The number of likely N-dealkylation sites (N-methyl/N-ethyl adjacent to an activating group) is 3. The number of hydrogen-bond acceptors (Lipinski definition) is 13. The van der Waals surface area contributed by atoms with Crippen molar-refractivity contribution in [1.82, 2.24) is 34.9 Å². The molecule has 6 aliphatic heterocycles. The molecule has 3 radical (unpaired) electrons. The summed E-state index contributed by atoms with van der Waals surface area (Å²) in [5.41, 5.74) is 23.5. The number of aliphatic carboxylic acids is 1. The molecule has 8 heterocycles. The maximum absolute atomic E-state index is 13.4. The first-order valence-electron chi connectivity index (χ1n) is 34.6. The Morgan fingerprint density at radius 1 is 0.596 bits per heavy atom. The van der Waals surface area contributed by atoms with E-state index in [1.54, 1.807) is 17.0 Å². The topological polar surface area (TPSA) is 228 Å². The second-order valence-electron chi connectivity index (χ2n) is 27.4. The zero-order chi connectivity index (χ0) is 65.7. The van der Waals surface area contributed by atoms with Gasteiger partial charge in [-0.25, -0.2) is 14.8 Å². The van der Waals surface area contributed by atoms with E-state index in [4.69, 9.17) is 21.6 Å². The molecule has 19 heteroatoms. The summed E-state index contributed by atoms with van der Waals surface area (Å²) in [4.78, 5) is 69.5. The monoisotopic (exact) mass is 1290 g/mol. The van der Waals surface area contributed by atoms with Gasteiger partial charge in [-0.05, 0) is 237 Å². The first-order valence-corrected chi connectivity index (χ1v) is 34.6. The van der Waals surface area contributed by atoms with Crippen LogP contribution in [0.4, 0.5) is 23.0 Å². The number of nitrogens with one attached hydrogen (secondary N) is 3. The van der Waals surface area contributed by atoms with E-state index in [0.717, 1.165) is 79.4 Å². The number of nitrogens with two attached hydrogens (primary N) is 2. The molecule has 8 N–H and O–H groups in total. The van der Waals surface area contributed by atoms with E-state index in [1.807, 2.05) is 13.8 Å². The fraction of sp³-hybridized carbons (Fsp3) is 0.560. The number of carboxylic acids is 1. The number of pyridine rings is 2. The van der Waals surface area contributed by atoms with E-state index in [2.05, 4.69) is 155 Å². The predicted octanol–water partition coefficient (Wildman–Crippen LogP) is 8.88. The molecule has 3 amide bonds. The van der Waals surface area contributed by atoms with Crippen molar-refractivity contribution < 1.29 is 55.3 Å². The molecule has 11 rings (SSSR count). The Morgan fingerprint density at radius 2 is 1.09 bits per heavy atom. The Morgan fingerprint density at radius 3 is 1.56 bits per heavy atom. The van der Waals surface area contributed by atoms with E-state index in [1.165, 1.54) is 155 Å². The number of nitrogens with zero attached hydrogens (tertiary/aromatic N) is 7. The Bertz CT molecular complexity index is 3260. The van der Waals surface area contributed by atoms with Crippen LogP contribution in [-0.4, -0.2) is 151 Å². The molecule has 3 aromatic carbocycles. The van der Waals surface area contributed by atoms with Crippen LogP contribution in [0, 0.1) is 17.8 Å². The van der Waals surface area contributed by atoms with Crippen LogP contribution in [0.2, 0.25) is 0 Å². The molecule has 503 valence electrons. The van der Waals surface area contributed by atoms with Gasteiger partial charge < -0.3 is 53.6 Å². The van der Waals surface area contributed by atoms with Crippen molar-refractivity contribution in [2.45, 2.75) is 193 Å². The Balaban J connectivity index is 0.000000238. The zero-order valence-corrected chi connectivity index (χ0v) is 60.2. The van der Waals surface area contributed by atoms with Crippen LogP contribution >= 0.6 is 0 Å². The van der Waals surface area contributed by atoms with Gasteiger partial charge in [-0.3, -0.25) is 19.4 Å². The SMILES string of the molecule is CCc1cc(NC(=O)C(=O)N2C[C@@H](C)CC[C@@H]2c2cccc(CC3CCCCN3C)c2)cnc1N.CCc1cc(NC(=O)C(=O)O)cnc1N.C[C@H]1CCC(c2cccc(CC3CCCCN3C)c2)=NC1.C[C@H]1CC[C@H](c2cccc(CC3CCCCN3C)c2)NC1.[B].[H-].[Na+]. The molecular weight excluding hydrogens is 1180 g/mol. The molecule has 3 unspecified atom stereocenters. The summed E-state index contributed by atoms with van der Waals surface area (Å²) >= 11 is 0. The van der Waals surface area contributed by atoms with Crippen LogP contribution in [0.25, 0.3) is 0 Å². The van der Waals surface area contributed by atoms with E-state index >= 15 is 0 Å². The molecule has 0 bridgehead atoms. The number of aromatic nitrogens is 2. The van der Waals surface area contributed by atoms with Gasteiger partial charge in [0.2, 0.25) is 0 Å². The zero-order valence-electron chi connectivity index (χ0n) is 59.2. The number of anilines is 4. The maximum Gasteiger partial charge on any atom is 1.00 e. The second-order valence-corrected chi connectivity index (χ2v) is 27.4. The molecule has 6 aliphatic rings. The van der Waals surface area contributed by atoms with Crippen molar-refractivity contribution in [3.63, 3.8) is 0 Å². The molecule has 5 fully saturated rings. The van der Waals surface area contributed by atoms with Crippen molar-refractivity contribution in [2.75, 3.05) is 82.5 Å². The van der Waals surface area contributed by atoms with E-state index in [-0.39, 0.29) is 45.4 Å². The number of amides is 3. The summed E-state index contributed by atoms with van der Waals surface area (Å²) in [6, 6.07) is 33.0. The third-order valence-electron chi connectivity index (χ3n) is 20.0. The number of piperidine rings is 5. The summed E-state index contributed by atoms with van der Waals surface area (Å²) in [6.45, 7) is 17.1. The largest absolute Gasteiger partial charge is 1.00 e. The summed E-state index contributed by atoms with van der Waals surface area (Å²) in [6.07, 6.45) is 26.6. The number of nitrogen functional groups attached to an aromatic ring is 2. The van der Waals surface area contributed by atoms with Crippen molar-refractivity contribution in [1.29, 1.82) is 0 Å². The average Bonchev–Trinajstić information content (AvgIpc) is 0.863. The first-order chi connectivity index (χ1) is 44.3. The number of aryl methyl sites for hydroxylation is 2. The van der Waals surface area contributed by atoms with Crippen LogP contribution in [0.1, 0.15) is 189 Å². The van der Waals surface area contributed by atoms with Crippen LogP contribution in [0.5, 0.6) is 0 Å². The maximum atomic E-state index is 13.4. The Hall–Kier alpha value is -5.99. The number of benzene rings is 3. The van der Waals surface area contributed by atoms with Crippen molar-refractivity contribution in [3.8, 4) is 0 Å². The van der Waals surface area contributed by atoms with Crippen LogP contribution in [0.3, 0.4) is 0 Å². The van der Waals surface area contributed by atoms with Gasteiger partial charge in [0.25, 0.3) is 0 Å². The molecule has 2 aromatic heterocycles. The van der Waals surface area contributed by atoms with Gasteiger partial charge in [-0.2, -0.15) is 0 Å². The number of carbonyl (C=O) groups is 4. The van der Waals surface area contributed by atoms with Crippen LogP contribution < -0.4 is 57.0 Å². The minimum absolute atomic E-state index is 0. The molecule has 0 saturated carbocycles. The van der Waals surface area contributed by atoms with Crippen LogP contribution in [0.15, 0.2) is 102 Å². The number of hydrogen-bond donors (Lipinski definition) is 6. The standard InChI is InChI=1S/C28H39N5O2.C19H30N2.C19H28N2.C9H11N3O3.B.Na.H/c1-4-21-16-23(17-30-26(21)29)31-27(34)28(35)33-18-19(2)11-12-25(33)22-9-7-8-20(14-22)15-24-10-5-6-13-32(24)3;2*1-15-9-10-19(20-14-15)17-7-5-6-16(12-17)13-18-8-3-4-11-21(18)2;1-2-5-3-6(4-11-7(5)10)12-8(13)9(14)15;;;/h7-9,14,16-17,19,24-25H,4-6,10-13,15,18H2,1-3H3,(H2,29,30)(H,31,34);5-7,12,15,18-20H,3-4,8-11,13-14H2,1-2H3;5-7,12,15,18H,3-4,8-11,13-14H2,1-2H3;3-4H,2H2,1H3,(H2,10,11)(H,12,13)(H,14,15);;;/q;;;;;+1;-1/t19-,24?,25+;15-,18?,19+;15-,18?;;;;/m000..../s1. The normalized spacial score (nSPS) is 23.3. The molecule has 5 saturated heterocycles. The minimum atomic E-state index is -1.54. The molecule has 0 aliphatic carbocycles. The van der Waals surface area contributed by atoms with Crippen molar-refractivity contribution in [3.05, 3.63) is 142 Å². The number of carboxylic acid groups (broad SMARTS) is 1. The van der Waals surface area contributed by atoms with Gasteiger partial charge in [0, 0.05) is 51.4 Å². The molecule has 8 atom stereocenters. The summed E-state index contributed by atoms with van der Waals surface area (Å²) < 4.78 is 0. The molecule has 0 spiro atoms. The van der Waals surface area contributed by atoms with Gasteiger partial charge in [-0.15, -0.1) is 0 Å². The third kappa shape index (κ3) is 23.1. The first kappa shape index (κ1) is 77.0. The van der Waals surface area contributed by atoms with Crippen molar-refractivity contribution in [2.24, 2.45) is 22.7 Å². The minimum Gasteiger partial charge on any atom is -1.00 e. The number of likely N-dealkylation sites (tertiary alicyclic amines) is 4. The van der Waals surface area contributed by atoms with Gasteiger partial charge in [-0.1, -0.05) is 121 Å². The number of rotatable bonds is 13. The van der Waals surface area contributed by atoms with E-state index in [0.29, 0.717) is 60.4 Å². The van der Waals surface area contributed by atoms with Crippen molar-refractivity contribution >= 4 is 60.8 Å². The van der Waals surface area contributed by atoms with Gasteiger partial charge in [0.05, 0.1) is 29.8 Å². The molecule has 5 aromatic rings. The predicted molar refractivity (Wildman–Crippen MR) is 381 cm³/mol. The Kier molecular flexibility index (Phi) is 31.7. The summed E-state index contributed by atoms with van der Waals surface area (Å²) in [5, 5.41) is 17.0. The molecular formula is C75H109BN12NaO5. The fourth-order valence-corrected chi connectivity index (χ4v) is 14.1. The second kappa shape index (κ2) is 38.7. The van der Waals surface area contributed by atoms with Gasteiger partial charge in [0.1, 0.15) is 11.6 Å². The molecule has 94 heavy (non-hydrogen) atoms. The van der Waals surface area contributed by atoms with E-state index < -0.39 is 23.7 Å². The molecule has 17 nitrogen and oxygen atoms in total. The summed E-state index contributed by atoms with van der Waals surface area (Å²) in [7, 11) is 6.79. The van der Waals surface area contributed by atoms with Crippen LogP contribution in [-0.2, 0) is 51.3 Å². The van der Waals surface area contributed by atoms with Gasteiger partial charge in [0.15, 0.2) is 0 Å². The average molecular weight is 1290 g/mol. The number of carbonyl (C=O) groups excluding carboxylic acids is 3. The smallest absolute Gasteiger partial charge is 1.00 e. The summed E-state index contributed by atoms with van der Waals surface area (Å²) in [5.74, 6) is -0.980. The number of aliphatic imine (C=N–C) groups is 1. The third-order valence-corrected chi connectivity index (χ3v) is 20.0. The van der Waals surface area contributed by atoms with E-state index in [9.17, 15) is 19.2 Å².